The molecule has 3 aromatic rings. The number of hydrogen-bond donors (Lipinski definition) is 1. The zero-order valence-corrected chi connectivity index (χ0v) is 19.6. The first-order valence-electron chi connectivity index (χ1n) is 11.8. The summed E-state index contributed by atoms with van der Waals surface area (Å²) in [7, 11) is 0. The first-order chi connectivity index (χ1) is 16.2. The lowest BCUT2D eigenvalue weighted by Crippen LogP contribution is -2.38. The second-order valence-corrected chi connectivity index (χ2v) is 9.94. The van der Waals surface area contributed by atoms with Crippen LogP contribution in [0.1, 0.15) is 30.5 Å². The van der Waals surface area contributed by atoms with Gasteiger partial charge in [0.2, 0.25) is 5.91 Å². The van der Waals surface area contributed by atoms with E-state index in [9.17, 15) is 4.79 Å². The Bertz CT molecular complexity index is 1160. The molecule has 0 bridgehead atoms. The van der Waals surface area contributed by atoms with E-state index in [0.717, 1.165) is 66.7 Å². The van der Waals surface area contributed by atoms with Crippen LogP contribution in [0.4, 0.5) is 0 Å². The molecule has 1 aromatic carbocycles. The Hall–Kier alpha value is -2.83. The highest BCUT2D eigenvalue weighted by molar-refractivity contribution is 8.03. The first kappa shape index (κ1) is 22.0. The number of carbonyl (C=O) groups excluding carboxylic acids is 1. The van der Waals surface area contributed by atoms with Crippen molar-refractivity contribution < 1.29 is 4.79 Å². The van der Waals surface area contributed by atoms with E-state index in [4.69, 9.17) is 0 Å². The van der Waals surface area contributed by atoms with Gasteiger partial charge in [0.25, 0.3) is 0 Å². The van der Waals surface area contributed by atoms with Gasteiger partial charge < -0.3 is 10.2 Å². The molecule has 1 saturated heterocycles. The number of thioether (sulfide) groups is 1. The molecule has 170 valence electrons. The largest absolute Gasteiger partial charge is 0.352 e. The molecule has 0 spiro atoms. The Morgan fingerprint density at radius 1 is 1.12 bits per heavy atom. The van der Waals surface area contributed by atoms with Crippen molar-refractivity contribution in [2.45, 2.75) is 30.7 Å². The van der Waals surface area contributed by atoms with Crippen LogP contribution >= 0.6 is 11.8 Å². The molecule has 4 heterocycles. The summed E-state index contributed by atoms with van der Waals surface area (Å²) < 4.78 is 2.14. The van der Waals surface area contributed by atoms with E-state index >= 15 is 0 Å². The summed E-state index contributed by atoms with van der Waals surface area (Å²) in [5.41, 5.74) is 3.43. The SMILES string of the molecule is O=C(C=CC1=Cc2cnc3cccc(n23)S1)NCC1CCN(CCCc2ccccc2)CC1. The van der Waals surface area contributed by atoms with Crippen molar-refractivity contribution in [2.75, 3.05) is 26.2 Å². The molecular weight excluding hydrogens is 428 g/mol. The van der Waals surface area contributed by atoms with Gasteiger partial charge in [-0.2, -0.15) is 0 Å². The van der Waals surface area contributed by atoms with Gasteiger partial charge in [-0.25, -0.2) is 4.98 Å². The Morgan fingerprint density at radius 2 is 1.97 bits per heavy atom. The Labute approximate surface area is 199 Å². The van der Waals surface area contributed by atoms with Crippen LogP contribution in [0.2, 0.25) is 0 Å². The third-order valence-electron chi connectivity index (χ3n) is 6.49. The molecule has 5 rings (SSSR count). The molecule has 1 amide bonds. The van der Waals surface area contributed by atoms with Crippen molar-refractivity contribution in [2.24, 2.45) is 5.92 Å². The summed E-state index contributed by atoms with van der Waals surface area (Å²) in [5, 5.41) is 4.23. The van der Waals surface area contributed by atoms with Crippen LogP contribution in [-0.2, 0) is 11.2 Å². The van der Waals surface area contributed by atoms with Crippen molar-refractivity contribution in [1.82, 2.24) is 19.6 Å². The number of nitrogens with one attached hydrogen (secondary N) is 1. The number of rotatable bonds is 8. The minimum atomic E-state index is -0.0147. The smallest absolute Gasteiger partial charge is 0.244 e. The summed E-state index contributed by atoms with van der Waals surface area (Å²) in [6.07, 6.45) is 12.2. The number of imidazole rings is 1. The summed E-state index contributed by atoms with van der Waals surface area (Å²) in [6.45, 7) is 4.19. The number of aryl methyl sites for hydroxylation is 1. The highest BCUT2D eigenvalue weighted by atomic mass is 32.2. The first-order valence-corrected chi connectivity index (χ1v) is 12.6. The van der Waals surface area contributed by atoms with E-state index in [-0.39, 0.29) is 5.91 Å². The maximum absolute atomic E-state index is 12.4. The van der Waals surface area contributed by atoms with Gasteiger partial charge in [0, 0.05) is 17.5 Å². The molecule has 1 N–H and O–H groups in total. The Balaban J connectivity index is 1.03. The predicted molar refractivity (Wildman–Crippen MR) is 135 cm³/mol. The van der Waals surface area contributed by atoms with Crippen molar-refractivity contribution in [3.05, 3.63) is 83.0 Å². The lowest BCUT2D eigenvalue weighted by Gasteiger charge is -2.32. The number of aromatic nitrogens is 2. The molecule has 2 aliphatic heterocycles. The van der Waals surface area contributed by atoms with Gasteiger partial charge in [-0.3, -0.25) is 9.20 Å². The summed E-state index contributed by atoms with van der Waals surface area (Å²) >= 11 is 1.66. The molecule has 6 heteroatoms. The topological polar surface area (TPSA) is 49.6 Å². The monoisotopic (exact) mass is 458 g/mol. The molecule has 1 fully saturated rings. The third kappa shape index (κ3) is 5.57. The third-order valence-corrected chi connectivity index (χ3v) is 7.50. The number of piperidine rings is 1. The summed E-state index contributed by atoms with van der Waals surface area (Å²) in [6, 6.07) is 16.8. The Morgan fingerprint density at radius 3 is 2.82 bits per heavy atom. The molecule has 2 aromatic heterocycles. The van der Waals surface area contributed by atoms with E-state index in [1.54, 1.807) is 17.8 Å². The molecule has 0 saturated carbocycles. The van der Waals surface area contributed by atoms with Gasteiger partial charge in [0.15, 0.2) is 0 Å². The molecule has 0 unspecified atom stereocenters. The van der Waals surface area contributed by atoms with Crippen LogP contribution in [0.15, 0.2) is 76.8 Å². The van der Waals surface area contributed by atoms with E-state index < -0.39 is 0 Å². The zero-order valence-electron chi connectivity index (χ0n) is 18.8. The van der Waals surface area contributed by atoms with Crippen LogP contribution in [0.5, 0.6) is 0 Å². The highest BCUT2D eigenvalue weighted by Gasteiger charge is 2.19. The van der Waals surface area contributed by atoms with E-state index in [0.29, 0.717) is 5.92 Å². The minimum absolute atomic E-state index is 0.0147. The number of carbonyl (C=O) groups is 1. The van der Waals surface area contributed by atoms with Crippen LogP contribution in [0.25, 0.3) is 11.7 Å². The fourth-order valence-corrected chi connectivity index (χ4v) is 5.61. The number of amides is 1. The molecule has 0 radical (unpaired) electrons. The quantitative estimate of drug-likeness (QED) is 0.493. The van der Waals surface area contributed by atoms with Crippen molar-refractivity contribution in [3.8, 4) is 0 Å². The summed E-state index contributed by atoms with van der Waals surface area (Å²) in [4.78, 5) is 20.4. The van der Waals surface area contributed by atoms with Gasteiger partial charge >= 0.3 is 0 Å². The standard InChI is InChI=1S/C27H30N4OS/c32-26(12-11-24-18-23-20-28-25-9-4-10-27(33-24)31(23)25)29-19-22-13-16-30(17-14-22)15-5-8-21-6-2-1-3-7-21/h1-4,6-7,9-12,18,20,22H,5,8,13-17,19H2,(H,29,32). The van der Waals surface area contributed by atoms with E-state index in [1.165, 1.54) is 12.0 Å². The van der Waals surface area contributed by atoms with Gasteiger partial charge in [-0.05, 0) is 81.1 Å². The van der Waals surface area contributed by atoms with Gasteiger partial charge in [0.1, 0.15) is 5.65 Å². The molecule has 0 atom stereocenters. The molecule has 5 nitrogen and oxygen atoms in total. The van der Waals surface area contributed by atoms with Crippen molar-refractivity contribution in [1.29, 1.82) is 0 Å². The predicted octanol–water partition coefficient (Wildman–Crippen LogP) is 4.80. The molecule has 33 heavy (non-hydrogen) atoms. The van der Waals surface area contributed by atoms with E-state index in [1.807, 2.05) is 24.4 Å². The lowest BCUT2D eigenvalue weighted by atomic mass is 9.96. The van der Waals surface area contributed by atoms with Gasteiger partial charge in [-0.1, -0.05) is 48.2 Å². The fourth-order valence-electron chi connectivity index (χ4n) is 4.62. The second-order valence-electron chi connectivity index (χ2n) is 8.84. The maximum atomic E-state index is 12.4. The van der Waals surface area contributed by atoms with Crippen molar-refractivity contribution >= 4 is 29.4 Å². The van der Waals surface area contributed by atoms with Crippen LogP contribution < -0.4 is 5.32 Å². The van der Waals surface area contributed by atoms with Gasteiger partial charge in [-0.15, -0.1) is 0 Å². The van der Waals surface area contributed by atoms with Crippen LogP contribution in [0, 0.1) is 5.92 Å². The average Bonchev–Trinajstić information content (AvgIpc) is 3.27. The number of hydrogen-bond acceptors (Lipinski definition) is 4. The van der Waals surface area contributed by atoms with Crippen LogP contribution in [-0.4, -0.2) is 46.4 Å². The van der Waals surface area contributed by atoms with Crippen molar-refractivity contribution in [3.63, 3.8) is 0 Å². The number of allylic oxidation sites excluding steroid dienone is 1. The number of pyridine rings is 1. The summed E-state index contributed by atoms with van der Waals surface area (Å²) in [5.74, 6) is 0.557. The Kier molecular flexibility index (Phi) is 6.93. The maximum Gasteiger partial charge on any atom is 0.244 e. The second kappa shape index (κ2) is 10.4. The molecular formula is C27H30N4OS. The van der Waals surface area contributed by atoms with E-state index in [2.05, 4.69) is 62.1 Å². The lowest BCUT2D eigenvalue weighted by molar-refractivity contribution is -0.116. The molecule has 2 aliphatic rings. The molecule has 0 aliphatic carbocycles. The number of nitrogens with zero attached hydrogens (tertiary/aromatic N) is 3. The number of benzene rings is 1. The average molecular weight is 459 g/mol. The van der Waals surface area contributed by atoms with Gasteiger partial charge in [0.05, 0.1) is 16.9 Å². The minimum Gasteiger partial charge on any atom is -0.352 e. The zero-order chi connectivity index (χ0) is 22.5. The van der Waals surface area contributed by atoms with Crippen LogP contribution in [0.3, 0.4) is 0 Å². The number of likely N-dealkylation sites (tertiary alicyclic amines) is 1. The fraction of sp³-hybridized carbons (Fsp3) is 0.333. The highest BCUT2D eigenvalue weighted by Crippen LogP contribution is 2.34. The normalized spacial score (nSPS) is 16.9.